The van der Waals surface area contributed by atoms with E-state index in [1.54, 1.807) is 98.9 Å². The van der Waals surface area contributed by atoms with Gasteiger partial charge in [0.1, 0.15) is 6.10 Å². The van der Waals surface area contributed by atoms with Crippen LogP contribution in [0.4, 0.5) is 0 Å². The maximum Gasteiger partial charge on any atom is 0.397 e. The lowest BCUT2D eigenvalue weighted by molar-refractivity contribution is -0.225. The highest BCUT2D eigenvalue weighted by Gasteiger charge is 2.48. The fourth-order valence-electron chi connectivity index (χ4n) is 9.44. The van der Waals surface area contributed by atoms with Crippen LogP contribution in [0.15, 0.2) is 150 Å². The van der Waals surface area contributed by atoms with Crippen LogP contribution in [-0.4, -0.2) is 207 Å². The van der Waals surface area contributed by atoms with Gasteiger partial charge < -0.3 is 92.4 Å². The van der Waals surface area contributed by atoms with Gasteiger partial charge in [-0.3, -0.25) is 9.55 Å². The molecule has 17 unspecified atom stereocenters. The van der Waals surface area contributed by atoms with E-state index in [0.29, 0.717) is 13.0 Å². The molecule has 19 N–H and O–H groups in total. The second-order valence-corrected chi connectivity index (χ2v) is 23.7. The topological polar surface area (TPSA) is 447 Å². The summed E-state index contributed by atoms with van der Waals surface area (Å²) in [6.45, 7) is 7.27. The summed E-state index contributed by atoms with van der Waals surface area (Å²) in [7, 11) is -4.95. The van der Waals surface area contributed by atoms with Crippen molar-refractivity contribution in [3.8, 4) is 0 Å². The number of carboxylic acids is 1. The number of aliphatic hydroxyl groups excluding tert-OH is 13. The summed E-state index contributed by atoms with van der Waals surface area (Å²) < 4.78 is 50.5. The molecule has 24 nitrogen and oxygen atoms in total. The maximum atomic E-state index is 12.0. The van der Waals surface area contributed by atoms with Gasteiger partial charge in [0.05, 0.1) is 92.6 Å². The van der Waals surface area contributed by atoms with Crippen LogP contribution >= 0.6 is 0 Å². The number of aliphatic hydroxyl groups is 13. The monoisotopic (exact) mass is 1300 g/mol. The molecule has 90 heavy (non-hydrogen) atoms. The van der Waals surface area contributed by atoms with Crippen LogP contribution < -0.4 is 11.5 Å². The first kappa shape index (κ1) is 82.9. The minimum atomic E-state index is -4.95. The number of carboxylic acid groups (broad SMARTS) is 1. The average Bonchev–Trinajstić information content (AvgIpc) is 1.77. The van der Waals surface area contributed by atoms with Crippen molar-refractivity contribution in [2.24, 2.45) is 34.2 Å². The number of guanidine groups is 1. The molecule has 17 atom stereocenters. The molecule has 1 fully saturated rings. The Morgan fingerprint density at radius 1 is 0.567 bits per heavy atom. The van der Waals surface area contributed by atoms with E-state index in [4.69, 9.17) is 30.2 Å². The second-order valence-electron chi connectivity index (χ2n) is 22.7. The zero-order valence-electron chi connectivity index (χ0n) is 52.3. The molecule has 25 heteroatoms. The quantitative estimate of drug-likeness (QED) is 0.00789. The number of unbranched alkanes of at least 4 members (excludes halogenated alkanes) is 1. The van der Waals surface area contributed by atoms with Crippen LogP contribution in [0.1, 0.15) is 118 Å². The molecule has 0 saturated carbocycles. The van der Waals surface area contributed by atoms with Gasteiger partial charge in [-0.25, -0.2) is 8.98 Å². The first-order chi connectivity index (χ1) is 42.5. The molecule has 512 valence electrons. The van der Waals surface area contributed by atoms with E-state index in [0.717, 1.165) is 12.8 Å². The predicted molar refractivity (Wildman–Crippen MR) is 344 cm³/mol. The lowest BCUT2D eigenvalue weighted by atomic mass is 9.87. The van der Waals surface area contributed by atoms with Crippen molar-refractivity contribution in [2.75, 3.05) is 19.8 Å². The molecule has 0 amide bonds. The minimum Gasteiger partial charge on any atom is -0.478 e. The van der Waals surface area contributed by atoms with Gasteiger partial charge in [0.15, 0.2) is 11.7 Å². The molecule has 1 saturated heterocycles. The fraction of sp³-hybridized carbons (Fsp3) is 0.600. The van der Waals surface area contributed by atoms with E-state index in [1.165, 1.54) is 37.3 Å². The fourth-order valence-corrected chi connectivity index (χ4v) is 10.00. The smallest absolute Gasteiger partial charge is 0.397 e. The lowest BCUT2D eigenvalue weighted by Crippen LogP contribution is -2.47. The molecule has 0 aliphatic carbocycles. The Hall–Kier alpha value is -5.11. The molecule has 1 rings (SSSR count). The summed E-state index contributed by atoms with van der Waals surface area (Å²) in [5, 5.41) is 145. The van der Waals surface area contributed by atoms with E-state index in [2.05, 4.69) is 4.99 Å². The van der Waals surface area contributed by atoms with Gasteiger partial charge in [-0.1, -0.05) is 161 Å². The van der Waals surface area contributed by atoms with Crippen molar-refractivity contribution in [1.82, 2.24) is 0 Å². The number of hydrogen-bond acceptors (Lipinski definition) is 20. The Kier molecular flexibility index (Phi) is 43.2. The number of hydrogen-bond donors (Lipinski definition) is 17. The van der Waals surface area contributed by atoms with Crippen LogP contribution in [0.5, 0.6) is 0 Å². The molecular formula is C65H105N3O21S. The maximum absolute atomic E-state index is 12.0. The van der Waals surface area contributed by atoms with Gasteiger partial charge in [0, 0.05) is 62.0 Å². The third-order valence-electron chi connectivity index (χ3n) is 14.7. The van der Waals surface area contributed by atoms with Gasteiger partial charge in [-0.15, -0.1) is 0 Å². The highest BCUT2D eigenvalue weighted by molar-refractivity contribution is 7.80. The normalized spacial score (nSPS) is 20.7. The molecule has 1 heterocycles. The van der Waals surface area contributed by atoms with Gasteiger partial charge in [-0.05, 0) is 64.7 Å². The number of ether oxygens (including phenoxy) is 2. The Bertz CT molecular complexity index is 2500. The van der Waals surface area contributed by atoms with Crippen LogP contribution in [0.2, 0.25) is 0 Å². The zero-order chi connectivity index (χ0) is 67.7. The molecule has 0 spiro atoms. The molecule has 1 aliphatic rings. The number of aliphatic imine (C=N–C) groups is 1. The first-order valence-electron chi connectivity index (χ1n) is 30.5. The summed E-state index contributed by atoms with van der Waals surface area (Å²) in [4.78, 5) is 14.6. The first-order valence-corrected chi connectivity index (χ1v) is 31.9. The third-order valence-corrected chi connectivity index (χ3v) is 15.1. The molecular weight excluding hydrogens is 1190 g/mol. The molecule has 0 aromatic carbocycles. The van der Waals surface area contributed by atoms with Crippen LogP contribution in [0.3, 0.4) is 0 Å². The highest BCUT2D eigenvalue weighted by Crippen LogP contribution is 2.38. The molecule has 0 aromatic rings. The predicted octanol–water partition coefficient (Wildman–Crippen LogP) is 3.40. The van der Waals surface area contributed by atoms with Crippen molar-refractivity contribution >= 4 is 22.3 Å². The van der Waals surface area contributed by atoms with Crippen molar-refractivity contribution in [3.63, 3.8) is 0 Å². The van der Waals surface area contributed by atoms with Crippen LogP contribution in [0, 0.1) is 17.8 Å². The SMILES string of the molecule is C\C(=C/C=C/C=C/CC/C=C/C(C)C(O)C(C)C(O)/C=C/C=C/C=C/C=C/C=C/C=C/CC(OS(=O)(=O)O)C(C)C1(CC(O)CC(O)/C=C/CC(O)CC(O)CC(O)/C=C/CC(O)CC(O)C(O)C(O)CC(O)CC(O)CCCN=C(N)N)OCCO1)C(=O)O. The molecule has 1 aliphatic heterocycles. The largest absolute Gasteiger partial charge is 0.478 e. The van der Waals surface area contributed by atoms with Crippen LogP contribution in [-0.2, 0) is 28.9 Å². The van der Waals surface area contributed by atoms with Crippen molar-refractivity contribution in [1.29, 1.82) is 0 Å². The highest BCUT2D eigenvalue weighted by atomic mass is 32.3. The molecule has 0 bridgehead atoms. The number of allylic oxidation sites excluding steroid dienone is 16. The Morgan fingerprint density at radius 2 is 1.06 bits per heavy atom. The summed E-state index contributed by atoms with van der Waals surface area (Å²) in [5.74, 6) is -4.10. The van der Waals surface area contributed by atoms with Gasteiger partial charge in [0.25, 0.3) is 0 Å². The number of aliphatic carboxylic acids is 1. The lowest BCUT2D eigenvalue weighted by Gasteiger charge is -2.38. The summed E-state index contributed by atoms with van der Waals surface area (Å²) in [6.07, 6.45) is 22.4. The van der Waals surface area contributed by atoms with E-state index < -0.39 is 119 Å². The average molecular weight is 1300 g/mol. The molecule has 0 aromatic heterocycles. The Balaban J connectivity index is 2.61. The van der Waals surface area contributed by atoms with Gasteiger partial charge >= 0.3 is 16.4 Å². The van der Waals surface area contributed by atoms with Crippen molar-refractivity contribution in [3.05, 3.63) is 145 Å². The summed E-state index contributed by atoms with van der Waals surface area (Å²) >= 11 is 0. The van der Waals surface area contributed by atoms with E-state index >= 15 is 0 Å². The number of carbonyl (C=O) groups is 1. The van der Waals surface area contributed by atoms with Crippen molar-refractivity contribution in [2.45, 2.75) is 209 Å². The number of rotatable bonds is 48. The second kappa shape index (κ2) is 46.9. The zero-order valence-corrected chi connectivity index (χ0v) is 53.1. The van der Waals surface area contributed by atoms with Crippen molar-refractivity contribution < 1.29 is 103 Å². The number of nitrogens with zero attached hydrogens (tertiary/aromatic N) is 1. The van der Waals surface area contributed by atoms with E-state index in [-0.39, 0.29) is 101 Å². The van der Waals surface area contributed by atoms with E-state index in [1.807, 2.05) is 31.2 Å². The number of nitrogens with two attached hydrogens (primary N) is 2. The third kappa shape index (κ3) is 39.3. The Labute approximate surface area is 531 Å². The summed E-state index contributed by atoms with van der Waals surface area (Å²) in [6, 6.07) is 0. The van der Waals surface area contributed by atoms with Gasteiger partial charge in [0.2, 0.25) is 0 Å². The minimum absolute atomic E-state index is 0.00897. The summed E-state index contributed by atoms with van der Waals surface area (Å²) in [5.41, 5.74) is 10.8. The standard InChI is InChI=1S/C65H105N3O21S/c1-45(26-19-15-11-10-12-16-20-27-46(2)63(82)83)61(80)47(3)57(77)33-21-17-13-8-6-5-7-9-14-18-22-34-60(89-90(84,85)86)48(4)65(87-36-37-88-65)44-56(76)41-51(71)30-23-28-49(69)38-54(74)39-50(70)29-24-31-53(73)42-58(78)62(81)59(79)43-55(75)40-52(72)32-25-35-68-64(66)67/h5-10,12-14,16-24,26-27,29-30,33,45,47-62,69-81H,11,15,25,28,31-32,34-44H2,1-4H3,(H,82,83)(H4,66,67,68)(H,84,85,86)/b7-5+,8-6+,12-10+,14-9+,17-13+,20-16+,22-18+,26-19+,29-24+,30-23+,33-21+,46-27+. The van der Waals surface area contributed by atoms with Gasteiger partial charge in [-0.2, -0.15) is 8.42 Å². The molecule has 0 radical (unpaired) electrons. The Morgan fingerprint density at radius 3 is 1.62 bits per heavy atom. The van der Waals surface area contributed by atoms with Crippen LogP contribution in [0.25, 0.3) is 0 Å². The van der Waals surface area contributed by atoms with E-state index in [9.17, 15) is 84.1 Å².